The monoisotopic (exact) mass is 193 g/mol. The van der Waals surface area contributed by atoms with Gasteiger partial charge >= 0.3 is 7.82 Å². The number of phosphoric acid groups is 1. The summed E-state index contributed by atoms with van der Waals surface area (Å²) in [7, 11) is -4.85. The summed E-state index contributed by atoms with van der Waals surface area (Å²) in [6, 6.07) is 0. The van der Waals surface area contributed by atoms with E-state index >= 15 is 0 Å². The molecule has 1 aliphatic rings. The van der Waals surface area contributed by atoms with Crippen molar-refractivity contribution in [1.29, 1.82) is 0 Å². The van der Waals surface area contributed by atoms with Crippen LogP contribution < -0.4 is 0 Å². The smallest absolute Gasteiger partial charge is 0.301 e. The first-order valence-corrected chi connectivity index (χ1v) is 4.24. The summed E-state index contributed by atoms with van der Waals surface area (Å²) in [4.78, 5) is 37.7. The van der Waals surface area contributed by atoms with Gasteiger partial charge in [-0.05, 0) is 0 Å². The van der Waals surface area contributed by atoms with Crippen molar-refractivity contribution in [2.45, 2.75) is 0 Å². The highest BCUT2D eigenvalue weighted by atomic mass is 31.2. The first-order valence-electron chi connectivity index (χ1n) is 2.71. The van der Waals surface area contributed by atoms with E-state index in [4.69, 9.17) is 9.79 Å². The molecule has 0 spiro atoms. The number of nitrogens with zero attached hydrogens (tertiary/aromatic N) is 1. The third kappa shape index (κ3) is 1.99. The molecule has 1 aliphatic heterocycles. The van der Waals surface area contributed by atoms with Crippen LogP contribution in [-0.4, -0.2) is 26.7 Å². The van der Waals surface area contributed by atoms with Gasteiger partial charge in [0.05, 0.1) is 0 Å². The van der Waals surface area contributed by atoms with Crippen LogP contribution in [0.15, 0.2) is 12.2 Å². The molecule has 12 heavy (non-hydrogen) atoms. The number of hydrogen-bond donors (Lipinski definition) is 2. The second-order valence-electron chi connectivity index (χ2n) is 1.88. The lowest BCUT2D eigenvalue weighted by molar-refractivity contribution is -0.166. The predicted octanol–water partition coefficient (Wildman–Crippen LogP) is -1.06. The van der Waals surface area contributed by atoms with Crippen molar-refractivity contribution in [3.05, 3.63) is 12.2 Å². The van der Waals surface area contributed by atoms with Crippen LogP contribution in [0.1, 0.15) is 0 Å². The van der Waals surface area contributed by atoms with E-state index in [0.717, 1.165) is 12.2 Å². The molecule has 0 radical (unpaired) electrons. The van der Waals surface area contributed by atoms with Crippen LogP contribution >= 0.6 is 7.82 Å². The van der Waals surface area contributed by atoms with Crippen molar-refractivity contribution in [3.63, 3.8) is 0 Å². The van der Waals surface area contributed by atoms with Gasteiger partial charge in [-0.3, -0.25) is 9.59 Å². The minimum Gasteiger partial charge on any atom is -0.301 e. The molecule has 0 saturated heterocycles. The minimum atomic E-state index is -4.85. The average molecular weight is 193 g/mol. The highest BCUT2D eigenvalue weighted by Gasteiger charge is 2.31. The quantitative estimate of drug-likeness (QED) is 0.427. The van der Waals surface area contributed by atoms with Gasteiger partial charge in [0, 0.05) is 12.2 Å². The van der Waals surface area contributed by atoms with Crippen molar-refractivity contribution in [1.82, 2.24) is 5.06 Å². The molecule has 7 nitrogen and oxygen atoms in total. The van der Waals surface area contributed by atoms with Crippen LogP contribution in [-0.2, 0) is 18.8 Å². The third-order valence-corrected chi connectivity index (χ3v) is 1.33. The fourth-order valence-corrected chi connectivity index (χ4v) is 0.947. The topological polar surface area (TPSA) is 104 Å². The Morgan fingerprint density at radius 1 is 1.25 bits per heavy atom. The molecule has 1 heterocycles. The van der Waals surface area contributed by atoms with E-state index in [0.29, 0.717) is 0 Å². The van der Waals surface area contributed by atoms with Gasteiger partial charge < -0.3 is 9.79 Å². The zero-order valence-corrected chi connectivity index (χ0v) is 6.47. The molecule has 0 aromatic heterocycles. The highest BCUT2D eigenvalue weighted by Crippen LogP contribution is 2.37. The van der Waals surface area contributed by atoms with Crippen molar-refractivity contribution < 1.29 is 28.6 Å². The summed E-state index contributed by atoms with van der Waals surface area (Å²) < 4.78 is 13.9. The fraction of sp³-hybridized carbons (Fsp3) is 0. The molecule has 8 heteroatoms. The Labute approximate surface area is 66.4 Å². The number of amides is 2. The summed E-state index contributed by atoms with van der Waals surface area (Å²) >= 11 is 0. The van der Waals surface area contributed by atoms with Crippen LogP contribution in [0.3, 0.4) is 0 Å². The summed E-state index contributed by atoms with van der Waals surface area (Å²) in [5.74, 6) is -1.83. The molecule has 0 atom stereocenters. The van der Waals surface area contributed by atoms with Crippen molar-refractivity contribution in [2.75, 3.05) is 0 Å². The fourth-order valence-electron chi connectivity index (χ4n) is 0.573. The summed E-state index contributed by atoms with van der Waals surface area (Å²) in [5.41, 5.74) is 0. The molecule has 1 rings (SSSR count). The molecule has 0 bridgehead atoms. The van der Waals surface area contributed by atoms with Crippen molar-refractivity contribution in [3.8, 4) is 0 Å². The van der Waals surface area contributed by atoms with Crippen LogP contribution in [0.5, 0.6) is 0 Å². The molecule has 0 aliphatic carbocycles. The number of rotatable bonds is 2. The van der Waals surface area contributed by atoms with Gasteiger partial charge in [-0.1, -0.05) is 0 Å². The molecule has 2 amide bonds. The van der Waals surface area contributed by atoms with Crippen LogP contribution in [0.4, 0.5) is 0 Å². The van der Waals surface area contributed by atoms with E-state index in [-0.39, 0.29) is 5.06 Å². The average Bonchev–Trinajstić information content (AvgIpc) is 2.16. The summed E-state index contributed by atoms with van der Waals surface area (Å²) in [6.45, 7) is 0. The van der Waals surface area contributed by atoms with Gasteiger partial charge in [0.15, 0.2) is 0 Å². The Kier molecular flexibility index (Phi) is 2.12. The Morgan fingerprint density at radius 2 is 1.67 bits per heavy atom. The van der Waals surface area contributed by atoms with Crippen LogP contribution in [0.2, 0.25) is 0 Å². The number of carbonyl (C=O) groups excluding carboxylic acids is 2. The SMILES string of the molecule is O=C1C=CC(=O)N1OP(=O)(O)O. The second kappa shape index (κ2) is 2.80. The van der Waals surface area contributed by atoms with Gasteiger partial charge in [-0.25, -0.2) is 4.57 Å². The van der Waals surface area contributed by atoms with Gasteiger partial charge in [0.2, 0.25) is 0 Å². The summed E-state index contributed by atoms with van der Waals surface area (Å²) in [6.07, 6.45) is 1.69. The number of hydroxylamine groups is 2. The standard InChI is InChI=1S/C4H4NO6P/c6-3-1-2-4(7)5(3)11-12(8,9)10/h1-2H,(H2,8,9,10). The van der Waals surface area contributed by atoms with Crippen molar-refractivity contribution >= 4 is 19.6 Å². The maximum atomic E-state index is 10.6. The van der Waals surface area contributed by atoms with Gasteiger partial charge in [0.25, 0.3) is 11.8 Å². The van der Waals surface area contributed by atoms with E-state index in [1.165, 1.54) is 0 Å². The first-order chi connectivity index (χ1) is 5.40. The lowest BCUT2D eigenvalue weighted by Gasteiger charge is -2.12. The molecular formula is C4H4NO6P. The Bertz CT molecular complexity index is 285. The van der Waals surface area contributed by atoms with E-state index in [2.05, 4.69) is 4.62 Å². The van der Waals surface area contributed by atoms with Crippen molar-refractivity contribution in [2.24, 2.45) is 0 Å². The molecule has 0 fully saturated rings. The second-order valence-corrected chi connectivity index (χ2v) is 3.02. The Hall–Kier alpha value is -1.01. The number of imide groups is 1. The Morgan fingerprint density at radius 3 is 2.00 bits per heavy atom. The van der Waals surface area contributed by atoms with E-state index in [9.17, 15) is 14.2 Å². The lowest BCUT2D eigenvalue weighted by atomic mass is 10.6. The van der Waals surface area contributed by atoms with E-state index in [1.807, 2.05) is 0 Å². The first kappa shape index (κ1) is 9.08. The highest BCUT2D eigenvalue weighted by molar-refractivity contribution is 7.46. The molecule has 0 unspecified atom stereocenters. The maximum absolute atomic E-state index is 10.6. The predicted molar refractivity (Wildman–Crippen MR) is 34.1 cm³/mol. The molecular weight excluding hydrogens is 189 g/mol. The van der Waals surface area contributed by atoms with Gasteiger partial charge in [0.1, 0.15) is 0 Å². The van der Waals surface area contributed by atoms with Crippen LogP contribution in [0.25, 0.3) is 0 Å². The van der Waals surface area contributed by atoms with Crippen LogP contribution in [0, 0.1) is 0 Å². The lowest BCUT2D eigenvalue weighted by Crippen LogP contribution is -2.28. The maximum Gasteiger partial charge on any atom is 0.491 e. The molecule has 2 N–H and O–H groups in total. The van der Waals surface area contributed by atoms with E-state index in [1.54, 1.807) is 0 Å². The summed E-state index contributed by atoms with van der Waals surface area (Å²) in [5, 5.41) is 0.000772. The Balaban J connectivity index is 2.73. The molecule has 0 aromatic carbocycles. The third-order valence-electron chi connectivity index (χ3n) is 0.957. The largest absolute Gasteiger partial charge is 0.491 e. The zero-order valence-electron chi connectivity index (χ0n) is 5.58. The number of hydrogen-bond acceptors (Lipinski definition) is 4. The number of carbonyl (C=O) groups is 2. The molecule has 0 saturated carbocycles. The van der Waals surface area contributed by atoms with E-state index < -0.39 is 19.6 Å². The normalized spacial score (nSPS) is 17.7. The zero-order chi connectivity index (χ0) is 9.35. The minimum absolute atomic E-state index is 0.000772. The van der Waals surface area contributed by atoms with Gasteiger partial charge in [-0.15, -0.1) is 5.06 Å². The van der Waals surface area contributed by atoms with Gasteiger partial charge in [-0.2, -0.15) is 4.62 Å². The molecule has 0 aromatic rings. The molecule has 66 valence electrons.